The summed E-state index contributed by atoms with van der Waals surface area (Å²) in [6.45, 7) is 0. The number of hydrogen-bond acceptors (Lipinski definition) is 6. The van der Waals surface area contributed by atoms with E-state index in [2.05, 4.69) is 5.32 Å². The van der Waals surface area contributed by atoms with Crippen LogP contribution in [0.4, 0.5) is 17.1 Å². The van der Waals surface area contributed by atoms with Crippen LogP contribution in [0.2, 0.25) is 0 Å². The van der Waals surface area contributed by atoms with E-state index in [-0.39, 0.29) is 58.9 Å². The summed E-state index contributed by atoms with van der Waals surface area (Å²) in [5.74, 6) is -1.05. The van der Waals surface area contributed by atoms with Crippen LogP contribution in [0, 0.1) is 0 Å². The fraction of sp³-hybridized carbons (Fsp3) is 0. The van der Waals surface area contributed by atoms with Crippen molar-refractivity contribution in [3.8, 4) is 0 Å². The molecule has 4 N–H and O–H groups in total. The standard InChI is InChI=1S/C24H16N2O5S.Na.H/c25-22-19(32(29,30)31)12-18(26-15-10-9-13-5-1-2-6-14(13)11-15)20-21(22)24(28)17-8-4-3-7-16(17)23(20)27;;/h1-12,26H,25H2,(H,29,30,31);;/q;+1;-1. The Morgan fingerprint density at radius 3 is 2.00 bits per heavy atom. The van der Waals surface area contributed by atoms with Crippen LogP contribution >= 0.6 is 0 Å². The van der Waals surface area contributed by atoms with Gasteiger partial charge in [-0.3, -0.25) is 14.1 Å². The quantitative estimate of drug-likeness (QED) is 0.207. The van der Waals surface area contributed by atoms with Gasteiger partial charge in [0.15, 0.2) is 11.6 Å². The van der Waals surface area contributed by atoms with Crippen molar-refractivity contribution in [3.63, 3.8) is 0 Å². The molecular formula is C24H17N2NaO5S. The van der Waals surface area contributed by atoms with Gasteiger partial charge in [0.05, 0.1) is 22.5 Å². The summed E-state index contributed by atoms with van der Waals surface area (Å²) in [5, 5.41) is 4.96. The number of benzene rings is 4. The summed E-state index contributed by atoms with van der Waals surface area (Å²) in [5.41, 5.74) is 6.21. The molecule has 0 aliphatic heterocycles. The van der Waals surface area contributed by atoms with E-state index in [0.29, 0.717) is 5.69 Å². The number of nitrogens with one attached hydrogen (secondary N) is 1. The number of fused-ring (bicyclic) bond motifs is 3. The van der Waals surface area contributed by atoms with Crippen LogP contribution < -0.4 is 40.6 Å². The number of nitrogens with two attached hydrogens (primary N) is 1. The predicted octanol–water partition coefficient (Wildman–Crippen LogP) is 1.30. The van der Waals surface area contributed by atoms with E-state index >= 15 is 0 Å². The second-order valence-electron chi connectivity index (χ2n) is 7.45. The van der Waals surface area contributed by atoms with Gasteiger partial charge in [0.2, 0.25) is 0 Å². The Hall–Kier alpha value is -3.01. The Kier molecular flexibility index (Phi) is 5.90. The minimum atomic E-state index is -4.76. The van der Waals surface area contributed by atoms with Crippen molar-refractivity contribution >= 4 is 49.5 Å². The van der Waals surface area contributed by atoms with Gasteiger partial charge in [-0.05, 0) is 29.0 Å². The van der Waals surface area contributed by atoms with Gasteiger partial charge in [-0.25, -0.2) is 0 Å². The molecule has 33 heavy (non-hydrogen) atoms. The summed E-state index contributed by atoms with van der Waals surface area (Å²) < 4.78 is 33.7. The molecule has 4 aromatic rings. The summed E-state index contributed by atoms with van der Waals surface area (Å²) in [6.07, 6.45) is 0. The van der Waals surface area contributed by atoms with Gasteiger partial charge >= 0.3 is 29.6 Å². The molecule has 160 valence electrons. The van der Waals surface area contributed by atoms with Crippen molar-refractivity contribution in [2.45, 2.75) is 4.90 Å². The van der Waals surface area contributed by atoms with Crippen molar-refractivity contribution in [2.75, 3.05) is 11.1 Å². The number of anilines is 3. The first-order valence-corrected chi connectivity index (χ1v) is 11.1. The van der Waals surface area contributed by atoms with Gasteiger partial charge < -0.3 is 12.5 Å². The predicted molar refractivity (Wildman–Crippen MR) is 122 cm³/mol. The zero-order valence-electron chi connectivity index (χ0n) is 18.5. The van der Waals surface area contributed by atoms with Crippen molar-refractivity contribution in [1.82, 2.24) is 0 Å². The third-order valence-corrected chi connectivity index (χ3v) is 6.40. The maximum Gasteiger partial charge on any atom is 1.00 e. The molecule has 0 fully saturated rings. The van der Waals surface area contributed by atoms with Crippen LogP contribution in [0.1, 0.15) is 33.3 Å². The number of rotatable bonds is 3. The van der Waals surface area contributed by atoms with E-state index in [1.54, 1.807) is 18.2 Å². The van der Waals surface area contributed by atoms with Crippen molar-refractivity contribution in [2.24, 2.45) is 0 Å². The molecule has 0 aromatic heterocycles. The maximum absolute atomic E-state index is 13.3. The second-order valence-corrected chi connectivity index (χ2v) is 8.84. The molecule has 9 heteroatoms. The fourth-order valence-corrected chi connectivity index (χ4v) is 4.68. The van der Waals surface area contributed by atoms with Crippen LogP contribution in [-0.4, -0.2) is 24.5 Å². The second kappa shape index (κ2) is 8.40. The van der Waals surface area contributed by atoms with Crippen molar-refractivity contribution < 1.29 is 53.5 Å². The SMILES string of the molecule is Nc1c(S(=O)(=O)O)cc(Nc2ccc3ccccc3c2)c2c1C(=O)c1ccccc1C2=O.[H-].[Na+]. The zero-order valence-corrected chi connectivity index (χ0v) is 20.3. The fourth-order valence-electron chi connectivity index (χ4n) is 4.03. The normalized spacial score (nSPS) is 12.6. The summed E-state index contributed by atoms with van der Waals surface area (Å²) in [7, 11) is -4.76. The third-order valence-electron chi connectivity index (χ3n) is 5.51. The average molecular weight is 468 g/mol. The molecule has 0 amide bonds. The Labute approximate surface area is 213 Å². The van der Waals surface area contributed by atoms with E-state index < -0.39 is 32.3 Å². The van der Waals surface area contributed by atoms with Crippen LogP contribution in [0.3, 0.4) is 0 Å². The first-order valence-electron chi connectivity index (χ1n) is 9.64. The molecule has 0 bridgehead atoms. The van der Waals surface area contributed by atoms with Crippen LogP contribution in [-0.2, 0) is 10.1 Å². The molecule has 0 heterocycles. The molecule has 1 aliphatic rings. The number of nitrogen functional groups attached to an aromatic ring is 1. The Bertz CT molecular complexity index is 1590. The smallest absolute Gasteiger partial charge is 1.00 e. The van der Waals surface area contributed by atoms with Crippen molar-refractivity contribution in [3.05, 3.63) is 95.1 Å². The molecular weight excluding hydrogens is 451 g/mol. The molecule has 0 atom stereocenters. The molecule has 0 radical (unpaired) electrons. The average Bonchev–Trinajstić information content (AvgIpc) is 2.77. The van der Waals surface area contributed by atoms with Crippen molar-refractivity contribution in [1.29, 1.82) is 0 Å². The zero-order chi connectivity index (χ0) is 22.6. The molecule has 0 unspecified atom stereocenters. The van der Waals surface area contributed by atoms with E-state index in [4.69, 9.17) is 5.73 Å². The number of hydrogen-bond donors (Lipinski definition) is 3. The Morgan fingerprint density at radius 2 is 1.36 bits per heavy atom. The van der Waals surface area contributed by atoms with E-state index in [1.165, 1.54) is 12.1 Å². The number of carbonyl (C=O) groups is 2. The largest absolute Gasteiger partial charge is 1.00 e. The van der Waals surface area contributed by atoms with Gasteiger partial charge in [0.1, 0.15) is 4.90 Å². The van der Waals surface area contributed by atoms with Crippen LogP contribution in [0.15, 0.2) is 77.7 Å². The van der Waals surface area contributed by atoms with Gasteiger partial charge in [-0.2, -0.15) is 8.42 Å². The van der Waals surface area contributed by atoms with E-state index in [1.807, 2.05) is 36.4 Å². The van der Waals surface area contributed by atoms with Gasteiger partial charge in [0, 0.05) is 16.8 Å². The minimum absolute atomic E-state index is 0. The molecule has 1 aliphatic carbocycles. The first kappa shape index (κ1) is 23.2. The Balaban J connectivity index is 0.00000162. The first-order chi connectivity index (χ1) is 15.3. The van der Waals surface area contributed by atoms with Gasteiger partial charge in [-0.15, -0.1) is 0 Å². The van der Waals surface area contributed by atoms with E-state index in [9.17, 15) is 22.6 Å². The number of carbonyl (C=O) groups excluding carboxylic acids is 2. The molecule has 4 aromatic carbocycles. The minimum Gasteiger partial charge on any atom is -1.00 e. The summed E-state index contributed by atoms with van der Waals surface area (Å²) in [6, 6.07) is 20.4. The molecule has 0 saturated carbocycles. The summed E-state index contributed by atoms with van der Waals surface area (Å²) >= 11 is 0. The molecule has 5 rings (SSSR count). The Morgan fingerprint density at radius 1 is 0.788 bits per heavy atom. The third kappa shape index (κ3) is 3.86. The van der Waals surface area contributed by atoms with E-state index in [0.717, 1.165) is 16.8 Å². The van der Waals surface area contributed by atoms with Crippen LogP contribution in [0.5, 0.6) is 0 Å². The van der Waals surface area contributed by atoms with Gasteiger partial charge in [0.25, 0.3) is 10.1 Å². The monoisotopic (exact) mass is 468 g/mol. The molecule has 7 nitrogen and oxygen atoms in total. The molecule has 0 saturated heterocycles. The van der Waals surface area contributed by atoms with Gasteiger partial charge in [-0.1, -0.05) is 54.6 Å². The summed E-state index contributed by atoms with van der Waals surface area (Å²) in [4.78, 5) is 25.9. The van der Waals surface area contributed by atoms with Crippen LogP contribution in [0.25, 0.3) is 10.8 Å². The number of ketones is 2. The molecule has 0 spiro atoms. The topological polar surface area (TPSA) is 127 Å². The maximum atomic E-state index is 13.3.